The zero-order valence-corrected chi connectivity index (χ0v) is 7.60. The molecule has 0 saturated carbocycles. The van der Waals surface area contributed by atoms with E-state index in [0.717, 1.165) is 6.04 Å². The molecular weight excluding hydrogens is 225 g/mol. The van der Waals surface area contributed by atoms with Gasteiger partial charge in [-0.2, -0.15) is 0 Å². The molecule has 9 heavy (non-hydrogen) atoms. The van der Waals surface area contributed by atoms with Crippen molar-refractivity contribution in [3.8, 4) is 0 Å². The highest BCUT2D eigenvalue weighted by Gasteiger charge is 2.05. The molecule has 0 spiro atoms. The lowest BCUT2D eigenvalue weighted by Gasteiger charge is -2.09. The van der Waals surface area contributed by atoms with Gasteiger partial charge in [0.1, 0.15) is 0 Å². The second kappa shape index (κ2) is 4.28. The number of nitrogens with one attached hydrogen (secondary N) is 1. The van der Waals surface area contributed by atoms with Gasteiger partial charge in [-0.15, -0.1) is 0 Å². The first kappa shape index (κ1) is 7.54. The first-order chi connectivity index (χ1) is 4.43. The third-order valence-corrected chi connectivity index (χ3v) is 2.57. The van der Waals surface area contributed by atoms with Gasteiger partial charge in [-0.3, -0.25) is 3.53 Å². The van der Waals surface area contributed by atoms with E-state index in [1.165, 1.54) is 25.7 Å². The van der Waals surface area contributed by atoms with E-state index in [2.05, 4.69) is 38.5 Å². The maximum atomic E-state index is 3.27. The predicted molar refractivity (Wildman–Crippen MR) is 48.6 cm³/mol. The Balaban J connectivity index is 2.26. The molecule has 2 heteroatoms. The zero-order chi connectivity index (χ0) is 6.53. The molecule has 52 valence electrons. The Morgan fingerprint density at radius 2 is 1.78 bits per heavy atom. The van der Waals surface area contributed by atoms with Crippen LogP contribution in [0.5, 0.6) is 0 Å². The molecule has 0 amide bonds. The number of hydrogen-bond donors (Lipinski definition) is 1. The Bertz CT molecular complexity index is 91.1. The van der Waals surface area contributed by atoms with Crippen molar-refractivity contribution in [2.24, 2.45) is 0 Å². The molecular formula is C7H12IN. The normalized spacial score (nSPS) is 21.9. The van der Waals surface area contributed by atoms with Crippen LogP contribution in [-0.4, -0.2) is 6.04 Å². The van der Waals surface area contributed by atoms with Crippen molar-refractivity contribution in [2.75, 3.05) is 0 Å². The van der Waals surface area contributed by atoms with Crippen molar-refractivity contribution in [3.05, 3.63) is 12.2 Å². The largest absolute Gasteiger partial charge is 0.258 e. The Morgan fingerprint density at radius 1 is 1.22 bits per heavy atom. The third kappa shape index (κ3) is 2.67. The molecule has 0 saturated heterocycles. The summed E-state index contributed by atoms with van der Waals surface area (Å²) in [4.78, 5) is 0. The number of rotatable bonds is 1. The fourth-order valence-corrected chi connectivity index (χ4v) is 1.71. The highest BCUT2D eigenvalue weighted by molar-refractivity contribution is 14.1. The summed E-state index contributed by atoms with van der Waals surface area (Å²) in [5.41, 5.74) is 0. The Kier molecular flexibility index (Phi) is 3.58. The van der Waals surface area contributed by atoms with Gasteiger partial charge in [-0.1, -0.05) is 12.2 Å². The summed E-state index contributed by atoms with van der Waals surface area (Å²) in [6, 6.07) is 0.751. The molecule has 1 nitrogen and oxygen atoms in total. The maximum absolute atomic E-state index is 3.27. The van der Waals surface area contributed by atoms with Crippen LogP contribution in [0.1, 0.15) is 25.7 Å². The Labute approximate surface area is 70.4 Å². The SMILES string of the molecule is INC1CCC=CCC1. The molecule has 1 aliphatic rings. The van der Waals surface area contributed by atoms with Crippen LogP contribution in [0.15, 0.2) is 12.2 Å². The minimum Gasteiger partial charge on any atom is -0.258 e. The van der Waals surface area contributed by atoms with Gasteiger partial charge in [0.15, 0.2) is 0 Å². The monoisotopic (exact) mass is 237 g/mol. The van der Waals surface area contributed by atoms with Gasteiger partial charge >= 0.3 is 0 Å². The van der Waals surface area contributed by atoms with Gasteiger partial charge in [0.2, 0.25) is 0 Å². The zero-order valence-electron chi connectivity index (χ0n) is 5.44. The van der Waals surface area contributed by atoms with Crippen LogP contribution in [0.3, 0.4) is 0 Å². The Hall–Kier alpha value is 0.430. The molecule has 0 radical (unpaired) electrons. The maximum Gasteiger partial charge on any atom is 0.0172 e. The minimum atomic E-state index is 0.751. The van der Waals surface area contributed by atoms with Crippen LogP contribution >= 0.6 is 22.9 Å². The van der Waals surface area contributed by atoms with Gasteiger partial charge in [0.25, 0.3) is 0 Å². The van der Waals surface area contributed by atoms with E-state index in [1.54, 1.807) is 0 Å². The van der Waals surface area contributed by atoms with Crippen LogP contribution in [0, 0.1) is 0 Å². The standard InChI is InChI=1S/C7H12IN/c8-9-7-5-3-1-2-4-6-7/h1-2,7,9H,3-6H2. The van der Waals surface area contributed by atoms with E-state index >= 15 is 0 Å². The van der Waals surface area contributed by atoms with Crippen LogP contribution in [0.4, 0.5) is 0 Å². The molecule has 1 N–H and O–H groups in total. The summed E-state index contributed by atoms with van der Waals surface area (Å²) < 4.78 is 3.27. The fraction of sp³-hybridized carbons (Fsp3) is 0.714. The average Bonchev–Trinajstić information content (AvgIpc) is 2.13. The summed E-state index contributed by atoms with van der Waals surface area (Å²) in [6.07, 6.45) is 9.68. The third-order valence-electron chi connectivity index (χ3n) is 1.68. The smallest absolute Gasteiger partial charge is 0.0172 e. The number of allylic oxidation sites excluding steroid dienone is 2. The summed E-state index contributed by atoms with van der Waals surface area (Å²) in [7, 11) is 0. The Morgan fingerprint density at radius 3 is 2.22 bits per heavy atom. The number of halogens is 1. The van der Waals surface area contributed by atoms with E-state index in [1.807, 2.05) is 0 Å². The molecule has 0 heterocycles. The van der Waals surface area contributed by atoms with Crippen molar-refractivity contribution in [1.29, 1.82) is 0 Å². The summed E-state index contributed by atoms with van der Waals surface area (Å²) in [6.45, 7) is 0. The topological polar surface area (TPSA) is 12.0 Å². The fourth-order valence-electron chi connectivity index (χ4n) is 1.08. The van der Waals surface area contributed by atoms with Crippen LogP contribution in [-0.2, 0) is 0 Å². The van der Waals surface area contributed by atoms with E-state index < -0.39 is 0 Å². The van der Waals surface area contributed by atoms with Gasteiger partial charge in [0.05, 0.1) is 0 Å². The molecule has 0 aromatic heterocycles. The molecule has 0 atom stereocenters. The second-order valence-corrected chi connectivity index (χ2v) is 3.05. The summed E-state index contributed by atoms with van der Waals surface area (Å²) in [5, 5.41) is 0. The highest BCUT2D eigenvalue weighted by atomic mass is 127. The summed E-state index contributed by atoms with van der Waals surface area (Å²) >= 11 is 2.25. The molecule has 0 fully saturated rings. The first-order valence-electron chi connectivity index (χ1n) is 3.44. The quantitative estimate of drug-likeness (QED) is 0.419. The van der Waals surface area contributed by atoms with Crippen LogP contribution in [0.25, 0.3) is 0 Å². The van der Waals surface area contributed by atoms with Crippen molar-refractivity contribution < 1.29 is 0 Å². The molecule has 0 aromatic rings. The minimum absolute atomic E-state index is 0.751. The van der Waals surface area contributed by atoms with Crippen molar-refractivity contribution >= 4 is 22.9 Å². The summed E-state index contributed by atoms with van der Waals surface area (Å²) in [5.74, 6) is 0. The second-order valence-electron chi connectivity index (χ2n) is 2.43. The van der Waals surface area contributed by atoms with Crippen LogP contribution < -0.4 is 3.53 Å². The average molecular weight is 237 g/mol. The first-order valence-corrected chi connectivity index (χ1v) is 4.52. The van der Waals surface area contributed by atoms with Crippen molar-refractivity contribution in [1.82, 2.24) is 3.53 Å². The lowest BCUT2D eigenvalue weighted by molar-refractivity contribution is 0.572. The molecule has 0 unspecified atom stereocenters. The van der Waals surface area contributed by atoms with E-state index in [4.69, 9.17) is 0 Å². The van der Waals surface area contributed by atoms with Crippen LogP contribution in [0.2, 0.25) is 0 Å². The van der Waals surface area contributed by atoms with Gasteiger partial charge < -0.3 is 0 Å². The van der Waals surface area contributed by atoms with E-state index in [-0.39, 0.29) is 0 Å². The van der Waals surface area contributed by atoms with Gasteiger partial charge in [-0.25, -0.2) is 0 Å². The van der Waals surface area contributed by atoms with Crippen molar-refractivity contribution in [2.45, 2.75) is 31.7 Å². The lowest BCUT2D eigenvalue weighted by atomic mass is 10.1. The molecule has 1 rings (SSSR count). The molecule has 0 aromatic carbocycles. The molecule has 0 aliphatic heterocycles. The lowest BCUT2D eigenvalue weighted by Crippen LogP contribution is -2.18. The van der Waals surface area contributed by atoms with Gasteiger partial charge in [-0.05, 0) is 25.7 Å². The number of hydrogen-bond acceptors (Lipinski definition) is 1. The van der Waals surface area contributed by atoms with Crippen molar-refractivity contribution in [3.63, 3.8) is 0 Å². The highest BCUT2D eigenvalue weighted by Crippen LogP contribution is 2.11. The van der Waals surface area contributed by atoms with Gasteiger partial charge in [0, 0.05) is 28.9 Å². The predicted octanol–water partition coefficient (Wildman–Crippen LogP) is 2.42. The molecule has 0 bridgehead atoms. The van der Waals surface area contributed by atoms with E-state index in [0.29, 0.717) is 0 Å². The molecule has 1 aliphatic carbocycles. The van der Waals surface area contributed by atoms with E-state index in [9.17, 15) is 0 Å².